The molecule has 0 saturated heterocycles. The van der Waals surface area contributed by atoms with E-state index >= 15 is 0 Å². The van der Waals surface area contributed by atoms with Crippen LogP contribution in [-0.2, 0) is 25.9 Å². The minimum atomic E-state index is 0.991. The Morgan fingerprint density at radius 1 is 1.40 bits per heavy atom. The maximum absolute atomic E-state index is 4.32. The fourth-order valence-electron chi connectivity index (χ4n) is 2.65. The van der Waals surface area contributed by atoms with E-state index in [0.29, 0.717) is 0 Å². The molecule has 106 valence electrons. The molecule has 0 bridgehead atoms. The Morgan fingerprint density at radius 2 is 2.10 bits per heavy atom. The molecule has 0 aliphatic carbocycles. The van der Waals surface area contributed by atoms with E-state index in [-0.39, 0.29) is 0 Å². The Hall–Kier alpha value is -0.722. The molecule has 0 aliphatic heterocycles. The summed E-state index contributed by atoms with van der Waals surface area (Å²) in [4.78, 5) is 1.38. The number of rotatable bonds is 5. The zero-order valence-electron chi connectivity index (χ0n) is 12.6. The summed E-state index contributed by atoms with van der Waals surface area (Å²) in [7, 11) is 0. The molecule has 0 aromatic carbocycles. The van der Waals surface area contributed by atoms with Crippen molar-refractivity contribution in [3.8, 4) is 0 Å². The Kier molecular flexibility index (Phi) is 4.99. The zero-order valence-corrected chi connectivity index (χ0v) is 16.4. The second-order valence-corrected chi connectivity index (χ2v) is 7.11. The molecule has 0 saturated carbocycles. The summed E-state index contributed by atoms with van der Waals surface area (Å²) in [6, 6.07) is 2.30. The second-order valence-electron chi connectivity index (χ2n) is 5.01. The van der Waals surface area contributed by atoms with Crippen molar-refractivity contribution < 1.29 is 19.4 Å². The van der Waals surface area contributed by atoms with Crippen LogP contribution in [-0.4, -0.2) is 8.97 Å². The van der Waals surface area contributed by atoms with Gasteiger partial charge in [-0.3, -0.25) is 0 Å². The number of hydrogen-bond acceptors (Lipinski definition) is 1. The van der Waals surface area contributed by atoms with Crippen LogP contribution in [0.1, 0.15) is 36.4 Å². The molecule has 0 fully saturated rings. The van der Waals surface area contributed by atoms with E-state index < -0.39 is 0 Å². The second kappa shape index (κ2) is 6.37. The number of hydrogen-bond donors (Lipinski definition) is 0. The van der Waals surface area contributed by atoms with Crippen LogP contribution < -0.4 is 0 Å². The van der Waals surface area contributed by atoms with Crippen molar-refractivity contribution in [3.63, 3.8) is 0 Å². The third-order valence-corrected chi connectivity index (χ3v) is 5.88. The summed E-state index contributed by atoms with van der Waals surface area (Å²) in [5, 5.41) is 0. The van der Waals surface area contributed by atoms with E-state index in [1.165, 1.54) is 51.3 Å². The molecular formula is C17H21NSW. The summed E-state index contributed by atoms with van der Waals surface area (Å²) < 4.78 is 6.08. The van der Waals surface area contributed by atoms with Crippen molar-refractivity contribution in [1.82, 2.24) is 4.57 Å². The van der Waals surface area contributed by atoms with Crippen LogP contribution >= 0.6 is 11.3 Å². The predicted molar refractivity (Wildman–Crippen MR) is 88.4 cm³/mol. The number of aryl methyl sites for hydroxylation is 3. The summed E-state index contributed by atoms with van der Waals surface area (Å²) in [6.45, 7) is 14.1. The number of thiophene rings is 1. The average molecular weight is 455 g/mol. The van der Waals surface area contributed by atoms with Gasteiger partial charge in [0.25, 0.3) is 0 Å². The minimum absolute atomic E-state index is 0.991. The molecule has 0 spiro atoms. The van der Waals surface area contributed by atoms with Crippen LogP contribution in [0.15, 0.2) is 24.3 Å². The Bertz CT molecular complexity index is 700. The zero-order chi connectivity index (χ0) is 14.9. The summed E-state index contributed by atoms with van der Waals surface area (Å²) in [6.07, 6.45) is 3.32. The first-order chi connectivity index (χ1) is 9.53. The molecule has 0 N–H and O–H groups in total. The third-order valence-electron chi connectivity index (χ3n) is 3.63. The van der Waals surface area contributed by atoms with Gasteiger partial charge in [-0.15, -0.1) is 0 Å². The maximum atomic E-state index is 4.32. The normalized spacial score (nSPS) is 12.1. The van der Waals surface area contributed by atoms with Crippen LogP contribution in [0.2, 0.25) is 0 Å². The number of aromatic nitrogens is 1. The van der Waals surface area contributed by atoms with Gasteiger partial charge in [0, 0.05) is 0 Å². The topological polar surface area (TPSA) is 4.93 Å². The van der Waals surface area contributed by atoms with Gasteiger partial charge in [0.1, 0.15) is 0 Å². The monoisotopic (exact) mass is 455 g/mol. The van der Waals surface area contributed by atoms with Crippen LogP contribution in [0, 0.1) is 13.8 Å². The van der Waals surface area contributed by atoms with Crippen LogP contribution in [0.25, 0.3) is 15.8 Å². The molecule has 20 heavy (non-hydrogen) atoms. The van der Waals surface area contributed by atoms with Gasteiger partial charge in [-0.1, -0.05) is 0 Å². The first kappa shape index (κ1) is 15.7. The SMILES string of the molecule is C=C(C=C([CH]=[W])CC)c1c(C)c2sc(C)cc2n1CC. The van der Waals surface area contributed by atoms with Crippen LogP contribution in [0.3, 0.4) is 0 Å². The molecule has 1 nitrogen and oxygen atoms in total. The van der Waals surface area contributed by atoms with E-state index in [1.807, 2.05) is 11.3 Å². The van der Waals surface area contributed by atoms with Crippen LogP contribution in [0.5, 0.6) is 0 Å². The summed E-state index contributed by atoms with van der Waals surface area (Å²) >= 11 is 3.39. The molecule has 0 atom stereocenters. The number of allylic oxidation sites excluding steroid dienone is 3. The van der Waals surface area contributed by atoms with Crippen LogP contribution in [0.4, 0.5) is 0 Å². The molecule has 0 unspecified atom stereocenters. The van der Waals surface area contributed by atoms with Gasteiger partial charge in [-0.05, 0) is 0 Å². The number of fused-ring (bicyclic) bond motifs is 1. The molecule has 2 aromatic heterocycles. The van der Waals surface area contributed by atoms with Crippen molar-refractivity contribution in [2.45, 2.75) is 40.7 Å². The predicted octanol–water partition coefficient (Wildman–Crippen LogP) is 5.04. The first-order valence-corrected chi connectivity index (χ1v) is 9.48. The fraction of sp³-hybridized carbons (Fsp3) is 0.353. The van der Waals surface area contributed by atoms with Crippen molar-refractivity contribution in [1.29, 1.82) is 0 Å². The van der Waals surface area contributed by atoms with E-state index in [2.05, 4.69) is 55.4 Å². The molecule has 3 heteroatoms. The quantitative estimate of drug-likeness (QED) is 0.557. The molecule has 0 radical (unpaired) electrons. The third kappa shape index (κ3) is 2.69. The van der Waals surface area contributed by atoms with Crippen molar-refractivity contribution >= 4 is 31.5 Å². The summed E-state index contributed by atoms with van der Waals surface area (Å²) in [5.74, 6) is 0. The van der Waals surface area contributed by atoms with E-state index in [1.54, 1.807) is 0 Å². The van der Waals surface area contributed by atoms with E-state index in [4.69, 9.17) is 0 Å². The van der Waals surface area contributed by atoms with Gasteiger partial charge < -0.3 is 0 Å². The first-order valence-electron chi connectivity index (χ1n) is 6.97. The van der Waals surface area contributed by atoms with Gasteiger partial charge >= 0.3 is 137 Å². The molecule has 2 rings (SSSR count). The van der Waals surface area contributed by atoms with Gasteiger partial charge in [-0.2, -0.15) is 0 Å². The average Bonchev–Trinajstić information content (AvgIpc) is 2.92. The Morgan fingerprint density at radius 3 is 2.65 bits per heavy atom. The molecule has 0 amide bonds. The number of nitrogens with zero attached hydrogens (tertiary/aromatic N) is 1. The van der Waals surface area contributed by atoms with Crippen molar-refractivity contribution in [3.05, 3.63) is 40.4 Å². The Labute approximate surface area is 136 Å². The van der Waals surface area contributed by atoms with Gasteiger partial charge in [0.2, 0.25) is 0 Å². The van der Waals surface area contributed by atoms with Crippen molar-refractivity contribution in [2.24, 2.45) is 0 Å². The van der Waals surface area contributed by atoms with E-state index in [0.717, 1.165) is 18.5 Å². The molecule has 2 aromatic rings. The standard InChI is InChI=1S/C17H21NS.W/c1-7-11(3)9-12(4)16-14(6)17-15(18(16)8-2)10-13(5)19-17;/h3,9-10H,4,7-8H2,1-2,5-6H3;. The fourth-order valence-corrected chi connectivity index (χ4v) is 4.51. The molecule has 0 aliphatic rings. The van der Waals surface area contributed by atoms with Gasteiger partial charge in [0.05, 0.1) is 0 Å². The van der Waals surface area contributed by atoms with E-state index in [9.17, 15) is 0 Å². The van der Waals surface area contributed by atoms with Gasteiger partial charge in [0.15, 0.2) is 0 Å². The van der Waals surface area contributed by atoms with Gasteiger partial charge in [-0.25, -0.2) is 0 Å². The summed E-state index contributed by atoms with van der Waals surface area (Å²) in [5.41, 5.74) is 6.56. The molecule has 2 heterocycles. The van der Waals surface area contributed by atoms with Crippen molar-refractivity contribution in [2.75, 3.05) is 0 Å². The molecular weight excluding hydrogens is 434 g/mol. The Balaban J connectivity index is 2.62.